The van der Waals surface area contributed by atoms with Gasteiger partial charge in [-0.25, -0.2) is 17.5 Å². The molecule has 2 aliphatic heterocycles. The highest BCUT2D eigenvalue weighted by atomic mass is 35.5. The van der Waals surface area contributed by atoms with E-state index in [0.717, 1.165) is 0 Å². The third-order valence-corrected chi connectivity index (χ3v) is 7.68. The first kappa shape index (κ1) is 22.8. The molecule has 0 saturated carbocycles. The van der Waals surface area contributed by atoms with Crippen LogP contribution in [-0.2, 0) is 25.3 Å². The Balaban J connectivity index is 1.48. The normalized spacial score (nSPS) is 19.0. The highest BCUT2D eigenvalue weighted by Gasteiger charge is 2.34. The van der Waals surface area contributed by atoms with Crippen LogP contribution in [0.4, 0.5) is 4.79 Å². The molecule has 0 N–H and O–H groups in total. The number of amides is 2. The maximum atomic E-state index is 12.8. The smallest absolute Gasteiger partial charge is 0.409 e. The number of benzene rings is 1. The Labute approximate surface area is 182 Å². The van der Waals surface area contributed by atoms with Crippen molar-refractivity contribution in [1.29, 1.82) is 0 Å². The van der Waals surface area contributed by atoms with Gasteiger partial charge in [-0.1, -0.05) is 23.7 Å². The second-order valence-electron chi connectivity index (χ2n) is 7.57. The molecule has 8 nitrogen and oxygen atoms in total. The Kier molecular flexibility index (Phi) is 7.60. The van der Waals surface area contributed by atoms with E-state index in [1.54, 1.807) is 41.0 Å². The number of halogens is 1. The average molecular weight is 458 g/mol. The minimum Gasteiger partial charge on any atom is -0.450 e. The summed E-state index contributed by atoms with van der Waals surface area (Å²) < 4.78 is 31.9. The second kappa shape index (κ2) is 9.98. The van der Waals surface area contributed by atoms with Crippen LogP contribution >= 0.6 is 11.6 Å². The number of piperazine rings is 1. The Morgan fingerprint density at radius 2 is 1.57 bits per heavy atom. The van der Waals surface area contributed by atoms with E-state index >= 15 is 0 Å². The predicted octanol–water partition coefficient (Wildman–Crippen LogP) is 2.18. The molecule has 2 heterocycles. The maximum Gasteiger partial charge on any atom is 0.409 e. The molecule has 0 bridgehead atoms. The zero-order valence-corrected chi connectivity index (χ0v) is 18.7. The lowest BCUT2D eigenvalue weighted by atomic mass is 9.96. The van der Waals surface area contributed by atoms with Crippen molar-refractivity contribution < 1.29 is 22.7 Å². The van der Waals surface area contributed by atoms with Crippen LogP contribution in [-0.4, -0.2) is 80.4 Å². The van der Waals surface area contributed by atoms with Crippen LogP contribution in [0.3, 0.4) is 0 Å². The summed E-state index contributed by atoms with van der Waals surface area (Å²) in [7, 11) is -3.44. The van der Waals surface area contributed by atoms with Crippen LogP contribution in [0.15, 0.2) is 24.3 Å². The lowest BCUT2D eigenvalue weighted by molar-refractivity contribution is -0.138. The van der Waals surface area contributed by atoms with E-state index in [1.165, 1.54) is 4.31 Å². The fourth-order valence-corrected chi connectivity index (χ4v) is 5.54. The Morgan fingerprint density at radius 1 is 1.00 bits per heavy atom. The summed E-state index contributed by atoms with van der Waals surface area (Å²) in [5.41, 5.74) is 0.692. The van der Waals surface area contributed by atoms with E-state index in [4.69, 9.17) is 16.3 Å². The zero-order chi connectivity index (χ0) is 21.7. The number of sulfonamides is 1. The number of hydrogen-bond donors (Lipinski definition) is 0. The fraction of sp³-hybridized carbons (Fsp3) is 0.600. The van der Waals surface area contributed by atoms with Gasteiger partial charge >= 0.3 is 6.09 Å². The van der Waals surface area contributed by atoms with Crippen LogP contribution in [0, 0.1) is 5.92 Å². The van der Waals surface area contributed by atoms with Gasteiger partial charge in [0.2, 0.25) is 15.9 Å². The van der Waals surface area contributed by atoms with Gasteiger partial charge in [-0.15, -0.1) is 0 Å². The summed E-state index contributed by atoms with van der Waals surface area (Å²) in [5, 5.41) is 0.568. The summed E-state index contributed by atoms with van der Waals surface area (Å²) in [6, 6.07) is 6.79. The third-order valence-electron chi connectivity index (χ3n) is 5.58. The molecule has 1 aromatic rings. The van der Waals surface area contributed by atoms with Crippen LogP contribution < -0.4 is 0 Å². The number of piperidine rings is 1. The molecule has 0 unspecified atom stereocenters. The van der Waals surface area contributed by atoms with Gasteiger partial charge < -0.3 is 14.5 Å². The van der Waals surface area contributed by atoms with Crippen molar-refractivity contribution >= 4 is 33.6 Å². The quantitative estimate of drug-likeness (QED) is 0.676. The van der Waals surface area contributed by atoms with Crippen molar-refractivity contribution in [3.05, 3.63) is 34.9 Å². The average Bonchev–Trinajstić information content (AvgIpc) is 2.75. The van der Waals surface area contributed by atoms with Crippen molar-refractivity contribution in [2.24, 2.45) is 5.92 Å². The monoisotopic (exact) mass is 457 g/mol. The van der Waals surface area contributed by atoms with Gasteiger partial charge in [-0.05, 0) is 37.5 Å². The number of ether oxygens (including phenoxy) is 1. The molecule has 166 valence electrons. The molecule has 2 amide bonds. The van der Waals surface area contributed by atoms with Gasteiger partial charge in [0.25, 0.3) is 0 Å². The van der Waals surface area contributed by atoms with Crippen molar-refractivity contribution in [1.82, 2.24) is 14.1 Å². The summed E-state index contributed by atoms with van der Waals surface area (Å²) in [6.07, 6.45) is 0.678. The number of hydrogen-bond acceptors (Lipinski definition) is 5. The van der Waals surface area contributed by atoms with Crippen LogP contribution in [0.25, 0.3) is 0 Å². The molecule has 0 aromatic heterocycles. The second-order valence-corrected chi connectivity index (χ2v) is 9.97. The van der Waals surface area contributed by atoms with Crippen molar-refractivity contribution in [2.75, 3.05) is 45.9 Å². The molecule has 0 radical (unpaired) electrons. The first-order valence-corrected chi connectivity index (χ1v) is 12.2. The van der Waals surface area contributed by atoms with Gasteiger partial charge in [-0.2, -0.15) is 0 Å². The lowest BCUT2D eigenvalue weighted by Crippen LogP contribution is -2.53. The molecule has 1 aromatic carbocycles. The standard InChI is InChI=1S/C20H28ClN3O5S/c1-2-29-20(26)23-13-11-22(12-14-23)19(25)17-7-9-24(10-8-17)30(27,28)15-16-3-5-18(21)6-4-16/h3-6,17H,2,7-15H2,1H3. The van der Waals surface area contributed by atoms with Crippen LogP contribution in [0.1, 0.15) is 25.3 Å². The maximum absolute atomic E-state index is 12.8. The molecule has 0 spiro atoms. The first-order chi connectivity index (χ1) is 14.3. The Morgan fingerprint density at radius 3 is 2.13 bits per heavy atom. The summed E-state index contributed by atoms with van der Waals surface area (Å²) in [5.74, 6) is -0.201. The SMILES string of the molecule is CCOC(=O)N1CCN(C(=O)C2CCN(S(=O)(=O)Cc3ccc(Cl)cc3)CC2)CC1. The van der Waals surface area contributed by atoms with E-state index in [9.17, 15) is 18.0 Å². The molecule has 2 fully saturated rings. The van der Waals surface area contributed by atoms with Crippen molar-refractivity contribution in [3.63, 3.8) is 0 Å². The van der Waals surface area contributed by atoms with Gasteiger partial charge in [0.15, 0.2) is 0 Å². The lowest BCUT2D eigenvalue weighted by Gasteiger charge is -2.38. The Bertz CT molecular complexity index is 846. The third kappa shape index (κ3) is 5.65. The summed E-state index contributed by atoms with van der Waals surface area (Å²) >= 11 is 5.86. The zero-order valence-electron chi connectivity index (χ0n) is 17.1. The van der Waals surface area contributed by atoms with E-state index in [0.29, 0.717) is 69.3 Å². The van der Waals surface area contributed by atoms with Crippen molar-refractivity contribution in [3.8, 4) is 0 Å². The summed E-state index contributed by atoms with van der Waals surface area (Å²) in [4.78, 5) is 28.0. The van der Waals surface area contributed by atoms with E-state index in [1.807, 2.05) is 0 Å². The molecule has 0 atom stereocenters. The van der Waals surface area contributed by atoms with Gasteiger partial charge in [-0.3, -0.25) is 4.79 Å². The number of carbonyl (C=O) groups is 2. The van der Waals surface area contributed by atoms with Gasteiger partial charge in [0.1, 0.15) is 0 Å². The van der Waals surface area contributed by atoms with E-state index in [2.05, 4.69) is 0 Å². The fourth-order valence-electron chi connectivity index (χ4n) is 3.85. The molecule has 0 aliphatic carbocycles. The summed E-state index contributed by atoms with van der Waals surface area (Å²) in [6.45, 7) is 4.65. The molecular formula is C20H28ClN3O5S. The van der Waals surface area contributed by atoms with Gasteiger partial charge in [0, 0.05) is 50.2 Å². The van der Waals surface area contributed by atoms with E-state index < -0.39 is 10.0 Å². The predicted molar refractivity (Wildman–Crippen MR) is 114 cm³/mol. The number of rotatable bonds is 5. The van der Waals surface area contributed by atoms with Crippen LogP contribution in [0.5, 0.6) is 0 Å². The topological polar surface area (TPSA) is 87.2 Å². The van der Waals surface area contributed by atoms with Gasteiger partial charge in [0.05, 0.1) is 12.4 Å². The largest absolute Gasteiger partial charge is 0.450 e. The van der Waals surface area contributed by atoms with E-state index in [-0.39, 0.29) is 23.7 Å². The molecule has 2 saturated heterocycles. The minimum absolute atomic E-state index is 0.0493. The highest BCUT2D eigenvalue weighted by molar-refractivity contribution is 7.88. The number of nitrogens with zero attached hydrogens (tertiary/aromatic N) is 3. The molecule has 10 heteroatoms. The first-order valence-electron chi connectivity index (χ1n) is 10.2. The Hall–Kier alpha value is -1.84. The highest BCUT2D eigenvalue weighted by Crippen LogP contribution is 2.24. The molecule has 30 heavy (non-hydrogen) atoms. The minimum atomic E-state index is -3.44. The molecular weight excluding hydrogens is 430 g/mol. The molecule has 2 aliphatic rings. The van der Waals surface area contributed by atoms with Crippen LogP contribution in [0.2, 0.25) is 5.02 Å². The van der Waals surface area contributed by atoms with Crippen molar-refractivity contribution in [2.45, 2.75) is 25.5 Å². The molecule has 3 rings (SSSR count). The number of carbonyl (C=O) groups excluding carboxylic acids is 2.